The first-order chi connectivity index (χ1) is 12.4. The second-order valence-corrected chi connectivity index (χ2v) is 7.50. The molecule has 0 unspecified atom stereocenters. The molecule has 0 saturated heterocycles. The molecule has 0 fully saturated rings. The summed E-state index contributed by atoms with van der Waals surface area (Å²) in [4.78, 5) is 18.0. The molecule has 5 heteroatoms. The van der Waals surface area contributed by atoms with Gasteiger partial charge in [-0.3, -0.25) is 4.79 Å². The number of halogens is 1. The fourth-order valence-corrected chi connectivity index (χ4v) is 3.94. The van der Waals surface area contributed by atoms with Crippen LogP contribution >= 0.6 is 11.3 Å². The van der Waals surface area contributed by atoms with Crippen LogP contribution in [0, 0.1) is 26.6 Å². The molecule has 0 aliphatic carbocycles. The third kappa shape index (κ3) is 4.35. The third-order valence-corrected chi connectivity index (χ3v) is 5.37. The number of carbonyl (C=O) groups is 1. The van der Waals surface area contributed by atoms with Crippen LogP contribution in [0.2, 0.25) is 0 Å². The van der Waals surface area contributed by atoms with Gasteiger partial charge in [-0.2, -0.15) is 0 Å². The fourth-order valence-electron chi connectivity index (χ4n) is 2.87. The van der Waals surface area contributed by atoms with Crippen LogP contribution in [-0.2, 0) is 6.42 Å². The van der Waals surface area contributed by atoms with E-state index in [0.717, 1.165) is 38.7 Å². The van der Waals surface area contributed by atoms with Crippen LogP contribution in [0.15, 0.2) is 42.5 Å². The molecule has 0 radical (unpaired) electrons. The zero-order valence-corrected chi connectivity index (χ0v) is 15.9. The molecule has 1 aromatic heterocycles. The highest BCUT2D eigenvalue weighted by molar-refractivity contribution is 7.15. The maximum absolute atomic E-state index is 13.1. The van der Waals surface area contributed by atoms with Gasteiger partial charge in [-0.05, 0) is 57.2 Å². The SMILES string of the molecule is Cc1cc(C)cc(C(=O)NCCc2sc(-c3ccc(F)cc3)nc2C)c1. The Kier molecular flexibility index (Phi) is 5.47. The Morgan fingerprint density at radius 3 is 2.38 bits per heavy atom. The zero-order valence-electron chi connectivity index (χ0n) is 15.1. The largest absolute Gasteiger partial charge is 0.352 e. The van der Waals surface area contributed by atoms with Gasteiger partial charge in [-0.1, -0.05) is 17.2 Å². The second kappa shape index (κ2) is 7.79. The van der Waals surface area contributed by atoms with Gasteiger partial charge < -0.3 is 5.32 Å². The van der Waals surface area contributed by atoms with Crippen molar-refractivity contribution in [2.24, 2.45) is 0 Å². The predicted molar refractivity (Wildman–Crippen MR) is 104 cm³/mol. The molecule has 134 valence electrons. The summed E-state index contributed by atoms with van der Waals surface area (Å²) < 4.78 is 13.1. The van der Waals surface area contributed by atoms with E-state index in [0.29, 0.717) is 12.1 Å². The van der Waals surface area contributed by atoms with Gasteiger partial charge in [0.2, 0.25) is 0 Å². The van der Waals surface area contributed by atoms with Crippen molar-refractivity contribution in [1.82, 2.24) is 10.3 Å². The molecule has 26 heavy (non-hydrogen) atoms. The predicted octanol–water partition coefficient (Wildman–Crippen LogP) is 4.85. The van der Waals surface area contributed by atoms with Gasteiger partial charge in [0.1, 0.15) is 10.8 Å². The Morgan fingerprint density at radius 2 is 1.73 bits per heavy atom. The molecule has 0 atom stereocenters. The Balaban J connectivity index is 1.63. The van der Waals surface area contributed by atoms with Crippen LogP contribution in [0.5, 0.6) is 0 Å². The topological polar surface area (TPSA) is 42.0 Å². The number of benzene rings is 2. The molecule has 3 nitrogen and oxygen atoms in total. The molecular formula is C21H21FN2OS. The molecule has 0 saturated carbocycles. The van der Waals surface area contributed by atoms with E-state index >= 15 is 0 Å². The van der Waals surface area contributed by atoms with E-state index in [2.05, 4.69) is 16.4 Å². The average molecular weight is 368 g/mol. The highest BCUT2D eigenvalue weighted by Gasteiger charge is 2.11. The maximum Gasteiger partial charge on any atom is 0.251 e. The summed E-state index contributed by atoms with van der Waals surface area (Å²) >= 11 is 1.59. The van der Waals surface area contributed by atoms with Crippen molar-refractivity contribution in [2.75, 3.05) is 6.54 Å². The van der Waals surface area contributed by atoms with Crippen molar-refractivity contribution in [3.63, 3.8) is 0 Å². The Morgan fingerprint density at radius 1 is 1.08 bits per heavy atom. The van der Waals surface area contributed by atoms with E-state index in [1.807, 2.05) is 32.9 Å². The van der Waals surface area contributed by atoms with Crippen molar-refractivity contribution in [3.8, 4) is 10.6 Å². The molecule has 1 heterocycles. The van der Waals surface area contributed by atoms with Crippen LogP contribution < -0.4 is 5.32 Å². The fraction of sp³-hybridized carbons (Fsp3) is 0.238. The van der Waals surface area contributed by atoms with E-state index in [9.17, 15) is 9.18 Å². The summed E-state index contributed by atoms with van der Waals surface area (Å²) in [7, 11) is 0. The number of carbonyl (C=O) groups excluding carboxylic acids is 1. The monoisotopic (exact) mass is 368 g/mol. The van der Waals surface area contributed by atoms with Gasteiger partial charge >= 0.3 is 0 Å². The lowest BCUT2D eigenvalue weighted by molar-refractivity contribution is 0.0954. The van der Waals surface area contributed by atoms with E-state index in [1.165, 1.54) is 12.1 Å². The van der Waals surface area contributed by atoms with Crippen LogP contribution in [0.25, 0.3) is 10.6 Å². The molecule has 3 aromatic rings. The summed E-state index contributed by atoms with van der Waals surface area (Å²) in [5, 5.41) is 3.85. The Bertz CT molecular complexity index is 911. The van der Waals surface area contributed by atoms with E-state index in [4.69, 9.17) is 0 Å². The summed E-state index contributed by atoms with van der Waals surface area (Å²) in [5.41, 5.74) is 4.71. The third-order valence-electron chi connectivity index (χ3n) is 4.11. The lowest BCUT2D eigenvalue weighted by Crippen LogP contribution is -2.25. The van der Waals surface area contributed by atoms with E-state index in [-0.39, 0.29) is 11.7 Å². The number of thiazole rings is 1. The lowest BCUT2D eigenvalue weighted by atomic mass is 10.1. The molecular weight excluding hydrogens is 347 g/mol. The van der Waals surface area contributed by atoms with Crippen molar-refractivity contribution in [3.05, 3.63) is 75.5 Å². The van der Waals surface area contributed by atoms with Gasteiger partial charge in [0, 0.05) is 29.0 Å². The van der Waals surface area contributed by atoms with Gasteiger partial charge in [0.05, 0.1) is 5.69 Å². The number of rotatable bonds is 5. The number of hydrogen-bond acceptors (Lipinski definition) is 3. The first kappa shape index (κ1) is 18.3. The molecule has 0 spiro atoms. The number of nitrogens with zero attached hydrogens (tertiary/aromatic N) is 1. The number of aryl methyl sites for hydroxylation is 3. The average Bonchev–Trinajstić information content (AvgIpc) is 2.95. The van der Waals surface area contributed by atoms with Crippen LogP contribution in [0.1, 0.15) is 32.1 Å². The molecule has 3 rings (SSSR count). The van der Waals surface area contributed by atoms with Crippen LogP contribution in [0.4, 0.5) is 4.39 Å². The number of nitrogens with one attached hydrogen (secondary N) is 1. The summed E-state index contributed by atoms with van der Waals surface area (Å²) in [5.74, 6) is -0.311. The molecule has 2 aromatic carbocycles. The molecule has 1 N–H and O–H groups in total. The van der Waals surface area contributed by atoms with Crippen molar-refractivity contribution < 1.29 is 9.18 Å². The first-order valence-electron chi connectivity index (χ1n) is 8.51. The Hall–Kier alpha value is -2.53. The zero-order chi connectivity index (χ0) is 18.7. The lowest BCUT2D eigenvalue weighted by Gasteiger charge is -2.06. The van der Waals surface area contributed by atoms with Gasteiger partial charge in [-0.15, -0.1) is 11.3 Å². The highest BCUT2D eigenvalue weighted by Crippen LogP contribution is 2.28. The van der Waals surface area contributed by atoms with E-state index in [1.54, 1.807) is 23.5 Å². The van der Waals surface area contributed by atoms with Crippen LogP contribution in [-0.4, -0.2) is 17.4 Å². The molecule has 0 bridgehead atoms. The van der Waals surface area contributed by atoms with E-state index < -0.39 is 0 Å². The van der Waals surface area contributed by atoms with Crippen molar-refractivity contribution >= 4 is 17.2 Å². The standard InChI is InChI=1S/C21H21FN2OS/c1-13-10-14(2)12-17(11-13)20(25)23-9-8-19-15(3)24-21(26-19)16-4-6-18(22)7-5-16/h4-7,10-12H,8-9H2,1-3H3,(H,23,25). The molecule has 1 amide bonds. The molecule has 0 aliphatic rings. The normalized spacial score (nSPS) is 10.8. The van der Waals surface area contributed by atoms with Crippen LogP contribution in [0.3, 0.4) is 0 Å². The van der Waals surface area contributed by atoms with Gasteiger partial charge in [-0.25, -0.2) is 9.37 Å². The highest BCUT2D eigenvalue weighted by atomic mass is 32.1. The minimum atomic E-state index is -0.253. The molecule has 0 aliphatic heterocycles. The maximum atomic E-state index is 13.1. The summed E-state index contributed by atoms with van der Waals surface area (Å²) in [6, 6.07) is 12.2. The summed E-state index contributed by atoms with van der Waals surface area (Å²) in [6.07, 6.45) is 0.723. The van der Waals surface area contributed by atoms with Gasteiger partial charge in [0.15, 0.2) is 0 Å². The quantitative estimate of drug-likeness (QED) is 0.700. The minimum absolute atomic E-state index is 0.0577. The first-order valence-corrected chi connectivity index (χ1v) is 9.33. The number of amides is 1. The smallest absolute Gasteiger partial charge is 0.251 e. The van der Waals surface area contributed by atoms with Crippen molar-refractivity contribution in [1.29, 1.82) is 0 Å². The minimum Gasteiger partial charge on any atom is -0.352 e. The van der Waals surface area contributed by atoms with Crippen molar-refractivity contribution in [2.45, 2.75) is 27.2 Å². The van der Waals surface area contributed by atoms with Gasteiger partial charge in [0.25, 0.3) is 5.91 Å². The number of aromatic nitrogens is 1. The number of hydrogen-bond donors (Lipinski definition) is 1. The summed E-state index contributed by atoms with van der Waals surface area (Å²) in [6.45, 7) is 6.49. The Labute approximate surface area is 156 Å². The second-order valence-electron chi connectivity index (χ2n) is 6.42.